The number of benzene rings is 1. The number of nitrogens with one attached hydrogen (secondary N) is 1. The normalized spacial score (nSPS) is 11.0. The molecular formula is C11H8N2O6S2. The summed E-state index contributed by atoms with van der Waals surface area (Å²) in [6.07, 6.45) is 0. The first-order chi connectivity index (χ1) is 9.83. The molecule has 0 bridgehead atoms. The van der Waals surface area contributed by atoms with E-state index in [4.69, 9.17) is 5.11 Å². The molecule has 10 heteroatoms. The summed E-state index contributed by atoms with van der Waals surface area (Å²) in [5, 5.41) is 21.2. The molecule has 0 aliphatic carbocycles. The molecule has 21 heavy (non-hydrogen) atoms. The third-order valence-electron chi connectivity index (χ3n) is 2.46. The molecular weight excluding hydrogens is 320 g/mol. The van der Waals surface area contributed by atoms with Crippen molar-refractivity contribution in [3.8, 4) is 0 Å². The van der Waals surface area contributed by atoms with Crippen LogP contribution in [-0.4, -0.2) is 24.4 Å². The van der Waals surface area contributed by atoms with Gasteiger partial charge in [-0.2, -0.15) is 0 Å². The maximum atomic E-state index is 12.2. The topological polar surface area (TPSA) is 127 Å². The number of carboxylic acid groups (broad SMARTS) is 1. The van der Waals surface area contributed by atoms with Gasteiger partial charge in [0.2, 0.25) is 0 Å². The molecule has 0 aliphatic rings. The fourth-order valence-corrected chi connectivity index (χ4v) is 3.59. The summed E-state index contributed by atoms with van der Waals surface area (Å²) in [6.45, 7) is 0. The first-order valence-corrected chi connectivity index (χ1v) is 7.76. The number of nitro benzene ring substituents is 1. The average Bonchev–Trinajstić information content (AvgIpc) is 2.86. The van der Waals surface area contributed by atoms with Crippen molar-refractivity contribution in [2.45, 2.75) is 4.90 Å². The molecule has 0 unspecified atom stereocenters. The number of para-hydroxylation sites is 1. The number of hydrogen-bond acceptors (Lipinski definition) is 6. The van der Waals surface area contributed by atoms with Crippen LogP contribution in [0.3, 0.4) is 0 Å². The van der Waals surface area contributed by atoms with Gasteiger partial charge in [0.05, 0.1) is 10.6 Å². The van der Waals surface area contributed by atoms with Gasteiger partial charge in [-0.15, -0.1) is 11.3 Å². The van der Waals surface area contributed by atoms with Crippen LogP contribution in [0.5, 0.6) is 0 Å². The van der Waals surface area contributed by atoms with Crippen LogP contribution >= 0.6 is 11.3 Å². The summed E-state index contributed by atoms with van der Waals surface area (Å²) in [6, 6.07) is 6.09. The number of rotatable bonds is 5. The highest BCUT2D eigenvalue weighted by molar-refractivity contribution is 7.92. The van der Waals surface area contributed by atoms with E-state index in [0.29, 0.717) is 0 Å². The molecule has 0 fully saturated rings. The lowest BCUT2D eigenvalue weighted by Crippen LogP contribution is -2.15. The molecule has 1 aromatic carbocycles. The largest absolute Gasteiger partial charge is 0.477 e. The van der Waals surface area contributed by atoms with E-state index in [9.17, 15) is 23.3 Å². The Morgan fingerprint density at radius 1 is 1.29 bits per heavy atom. The van der Waals surface area contributed by atoms with E-state index in [1.165, 1.54) is 23.6 Å². The quantitative estimate of drug-likeness (QED) is 0.639. The Bertz CT molecular complexity index is 812. The predicted octanol–water partition coefficient (Wildman–Crippen LogP) is 2.16. The van der Waals surface area contributed by atoms with Gasteiger partial charge in [0, 0.05) is 6.07 Å². The number of carboxylic acids is 1. The van der Waals surface area contributed by atoms with E-state index in [2.05, 4.69) is 4.72 Å². The average molecular weight is 328 g/mol. The van der Waals surface area contributed by atoms with Crippen molar-refractivity contribution in [1.29, 1.82) is 0 Å². The number of sulfonamides is 1. The highest BCUT2D eigenvalue weighted by atomic mass is 32.2. The van der Waals surface area contributed by atoms with Crippen molar-refractivity contribution in [3.63, 3.8) is 0 Å². The second-order valence-electron chi connectivity index (χ2n) is 3.80. The first-order valence-electron chi connectivity index (χ1n) is 5.40. The maximum absolute atomic E-state index is 12.2. The van der Waals surface area contributed by atoms with Gasteiger partial charge in [-0.05, 0) is 17.5 Å². The molecule has 0 atom stereocenters. The van der Waals surface area contributed by atoms with Gasteiger partial charge in [0.25, 0.3) is 15.7 Å². The SMILES string of the molecule is O=C(O)c1sccc1NS(=O)(=O)c1ccccc1[N+](=O)[O-]. The lowest BCUT2D eigenvalue weighted by Gasteiger charge is -2.07. The summed E-state index contributed by atoms with van der Waals surface area (Å²) in [4.78, 5) is 20.3. The minimum atomic E-state index is -4.26. The summed E-state index contributed by atoms with van der Waals surface area (Å²) < 4.78 is 26.4. The molecule has 2 aromatic rings. The fraction of sp³-hybridized carbons (Fsp3) is 0. The molecule has 110 valence electrons. The van der Waals surface area contributed by atoms with Crippen LogP contribution in [0.2, 0.25) is 0 Å². The van der Waals surface area contributed by atoms with Gasteiger partial charge in [-0.1, -0.05) is 12.1 Å². The Kier molecular flexibility index (Phi) is 3.91. The lowest BCUT2D eigenvalue weighted by molar-refractivity contribution is -0.387. The van der Waals surface area contributed by atoms with E-state index in [1.807, 2.05) is 0 Å². The molecule has 1 heterocycles. The second-order valence-corrected chi connectivity index (χ2v) is 6.37. The first kappa shape index (κ1) is 14.9. The minimum absolute atomic E-state index is 0.134. The molecule has 0 saturated carbocycles. The van der Waals surface area contributed by atoms with Crippen molar-refractivity contribution in [2.75, 3.05) is 4.72 Å². The number of carbonyl (C=O) groups is 1. The Balaban J connectivity index is 2.47. The van der Waals surface area contributed by atoms with Crippen molar-refractivity contribution in [2.24, 2.45) is 0 Å². The zero-order chi connectivity index (χ0) is 15.6. The minimum Gasteiger partial charge on any atom is -0.477 e. The van der Waals surface area contributed by atoms with E-state index >= 15 is 0 Å². The van der Waals surface area contributed by atoms with Crippen molar-refractivity contribution >= 4 is 38.7 Å². The molecule has 2 N–H and O–H groups in total. The summed E-state index contributed by atoms with van der Waals surface area (Å²) >= 11 is 0.844. The molecule has 0 amide bonds. The summed E-state index contributed by atoms with van der Waals surface area (Å²) in [7, 11) is -4.26. The van der Waals surface area contributed by atoms with Crippen LogP contribution in [-0.2, 0) is 10.0 Å². The zero-order valence-electron chi connectivity index (χ0n) is 10.2. The number of anilines is 1. The van der Waals surface area contributed by atoms with Gasteiger partial charge in [-0.3, -0.25) is 14.8 Å². The number of nitro groups is 1. The van der Waals surface area contributed by atoms with Crippen molar-refractivity contribution in [3.05, 3.63) is 50.7 Å². The molecule has 1 aromatic heterocycles. The molecule has 2 rings (SSSR count). The van der Waals surface area contributed by atoms with Crippen LogP contribution in [0.25, 0.3) is 0 Å². The van der Waals surface area contributed by atoms with Crippen LogP contribution < -0.4 is 4.72 Å². The smallest absolute Gasteiger partial charge is 0.348 e. The second kappa shape index (κ2) is 5.50. The van der Waals surface area contributed by atoms with Crippen LogP contribution in [0.4, 0.5) is 11.4 Å². The Labute approximate surface area is 122 Å². The molecule has 8 nitrogen and oxygen atoms in total. The van der Waals surface area contributed by atoms with E-state index < -0.39 is 31.5 Å². The van der Waals surface area contributed by atoms with Crippen molar-refractivity contribution in [1.82, 2.24) is 0 Å². The van der Waals surface area contributed by atoms with Crippen LogP contribution in [0, 0.1) is 10.1 Å². The summed E-state index contributed by atoms with van der Waals surface area (Å²) in [5.41, 5.74) is -0.720. The van der Waals surface area contributed by atoms with Crippen LogP contribution in [0.15, 0.2) is 40.6 Å². The van der Waals surface area contributed by atoms with E-state index in [-0.39, 0.29) is 10.6 Å². The summed E-state index contributed by atoms with van der Waals surface area (Å²) in [5.74, 6) is -1.29. The Morgan fingerprint density at radius 2 is 1.95 bits per heavy atom. The third-order valence-corrected chi connectivity index (χ3v) is 4.77. The molecule has 0 aliphatic heterocycles. The number of nitrogens with zero attached hydrogens (tertiary/aromatic N) is 1. The lowest BCUT2D eigenvalue weighted by atomic mass is 10.3. The number of hydrogen-bond donors (Lipinski definition) is 2. The predicted molar refractivity (Wildman–Crippen MR) is 75.2 cm³/mol. The number of aromatic carboxylic acids is 1. The monoisotopic (exact) mass is 328 g/mol. The van der Waals surface area contributed by atoms with Crippen LogP contribution in [0.1, 0.15) is 9.67 Å². The van der Waals surface area contributed by atoms with Gasteiger partial charge < -0.3 is 5.11 Å². The molecule has 0 spiro atoms. The van der Waals surface area contributed by atoms with Gasteiger partial charge in [0.1, 0.15) is 4.88 Å². The van der Waals surface area contributed by atoms with Crippen molar-refractivity contribution < 1.29 is 23.2 Å². The highest BCUT2D eigenvalue weighted by Crippen LogP contribution is 2.28. The van der Waals surface area contributed by atoms with Gasteiger partial charge in [0.15, 0.2) is 4.90 Å². The third kappa shape index (κ3) is 3.01. The Morgan fingerprint density at radius 3 is 2.57 bits per heavy atom. The number of thiophene rings is 1. The van der Waals surface area contributed by atoms with E-state index in [0.717, 1.165) is 23.5 Å². The van der Waals surface area contributed by atoms with Gasteiger partial charge >= 0.3 is 5.97 Å². The Hall–Kier alpha value is -2.46. The van der Waals surface area contributed by atoms with E-state index in [1.54, 1.807) is 0 Å². The fourth-order valence-electron chi connectivity index (χ4n) is 1.59. The maximum Gasteiger partial charge on any atom is 0.348 e. The van der Waals surface area contributed by atoms with Gasteiger partial charge in [-0.25, -0.2) is 13.2 Å². The molecule has 0 saturated heterocycles. The standard InChI is InChI=1S/C11H8N2O6S2/c14-11(15)10-7(5-6-20-10)12-21(18,19)9-4-2-1-3-8(9)13(16)17/h1-6,12H,(H,14,15). The molecule has 0 radical (unpaired) electrons. The highest BCUT2D eigenvalue weighted by Gasteiger charge is 2.26. The zero-order valence-corrected chi connectivity index (χ0v) is 11.8.